The molecule has 7 nitrogen and oxygen atoms in total. The molecule has 0 spiro atoms. The zero-order valence-corrected chi connectivity index (χ0v) is 19.3. The molecule has 3 aliphatic rings. The van der Waals surface area contributed by atoms with Crippen LogP contribution in [0.1, 0.15) is 56.6 Å². The molecule has 3 heterocycles. The number of aryl methyl sites for hydroxylation is 1. The van der Waals surface area contributed by atoms with Crippen LogP contribution in [0.3, 0.4) is 0 Å². The Bertz CT molecular complexity index is 858. The summed E-state index contributed by atoms with van der Waals surface area (Å²) in [5.41, 5.74) is 1.34. The van der Waals surface area contributed by atoms with Crippen LogP contribution in [-0.2, 0) is 20.7 Å². The van der Waals surface area contributed by atoms with Gasteiger partial charge in [0.2, 0.25) is 5.91 Å². The molecular weight excluding hydrogens is 406 g/mol. The molecule has 0 unspecified atom stereocenters. The molecule has 0 aromatic heterocycles. The highest BCUT2D eigenvalue weighted by Crippen LogP contribution is 2.37. The zero-order chi connectivity index (χ0) is 22.7. The Hall–Kier alpha value is -2.41. The number of urea groups is 1. The van der Waals surface area contributed by atoms with Crippen LogP contribution in [0.15, 0.2) is 24.3 Å². The van der Waals surface area contributed by atoms with E-state index < -0.39 is 5.54 Å². The van der Waals surface area contributed by atoms with Crippen molar-refractivity contribution < 1.29 is 19.1 Å². The maximum Gasteiger partial charge on any atom is 0.325 e. The van der Waals surface area contributed by atoms with Crippen LogP contribution in [0.4, 0.5) is 4.79 Å². The lowest BCUT2D eigenvalue weighted by Crippen LogP contribution is -2.56. The van der Waals surface area contributed by atoms with Crippen molar-refractivity contribution in [1.82, 2.24) is 15.1 Å². The van der Waals surface area contributed by atoms with Crippen molar-refractivity contribution in [2.24, 2.45) is 5.92 Å². The molecule has 3 fully saturated rings. The van der Waals surface area contributed by atoms with Gasteiger partial charge in [-0.3, -0.25) is 14.5 Å². The zero-order valence-electron chi connectivity index (χ0n) is 19.3. The third-order valence-electron chi connectivity index (χ3n) is 7.40. The topological polar surface area (TPSA) is 79.0 Å². The average molecular weight is 442 g/mol. The molecule has 7 heteroatoms. The maximum atomic E-state index is 13.5. The van der Waals surface area contributed by atoms with E-state index in [0.717, 1.165) is 43.2 Å². The number of hydrogen-bond acceptors (Lipinski definition) is 4. The molecule has 2 atom stereocenters. The summed E-state index contributed by atoms with van der Waals surface area (Å²) >= 11 is 0. The number of piperidine rings is 1. The standard InChI is InChI=1S/C25H35N3O4/c1-3-12-25(23(30)28(24(31)26-25)17-21-9-6-15-32-21)20-10-13-27(14-11-20)22(29)16-19-8-5-4-7-18(19)2/h4-5,7-8,20-21H,3,6,9-17H2,1-2H3,(H,26,31)/t21-,25-/m1/s1. The minimum Gasteiger partial charge on any atom is -0.376 e. The van der Waals surface area contributed by atoms with Crippen LogP contribution < -0.4 is 5.32 Å². The second-order valence-electron chi connectivity index (χ2n) is 9.46. The number of nitrogens with zero attached hydrogens (tertiary/aromatic N) is 2. The summed E-state index contributed by atoms with van der Waals surface area (Å²) in [6.07, 6.45) is 5.10. The smallest absolute Gasteiger partial charge is 0.325 e. The van der Waals surface area contributed by atoms with Crippen LogP contribution in [0.25, 0.3) is 0 Å². The summed E-state index contributed by atoms with van der Waals surface area (Å²) in [6.45, 7) is 6.35. The highest BCUT2D eigenvalue weighted by molar-refractivity contribution is 6.07. The maximum absolute atomic E-state index is 13.5. The van der Waals surface area contributed by atoms with E-state index >= 15 is 0 Å². The number of rotatable bonds is 7. The molecule has 1 aromatic rings. The summed E-state index contributed by atoms with van der Waals surface area (Å²) in [6, 6.07) is 7.69. The SMILES string of the molecule is CCC[C@]1(C2CCN(C(=O)Cc3ccccc3C)CC2)NC(=O)N(C[C@H]2CCCO2)C1=O. The minimum absolute atomic E-state index is 0.0379. The van der Waals surface area contributed by atoms with Gasteiger partial charge >= 0.3 is 6.03 Å². The number of carbonyl (C=O) groups is 3. The Labute approximate surface area is 190 Å². The average Bonchev–Trinajstić information content (AvgIpc) is 3.39. The molecule has 0 bridgehead atoms. The first-order chi connectivity index (χ1) is 15.4. The lowest BCUT2D eigenvalue weighted by atomic mass is 9.74. The van der Waals surface area contributed by atoms with Crippen LogP contribution in [0.5, 0.6) is 0 Å². The number of amides is 4. The molecule has 0 aliphatic carbocycles. The summed E-state index contributed by atoms with van der Waals surface area (Å²) in [5, 5.41) is 3.08. The van der Waals surface area contributed by atoms with E-state index in [1.807, 2.05) is 43.0 Å². The number of hydrogen-bond donors (Lipinski definition) is 1. The van der Waals surface area contributed by atoms with E-state index in [2.05, 4.69) is 5.32 Å². The minimum atomic E-state index is -0.852. The van der Waals surface area contributed by atoms with Crippen molar-refractivity contribution in [1.29, 1.82) is 0 Å². The van der Waals surface area contributed by atoms with Gasteiger partial charge in [-0.05, 0) is 56.1 Å². The predicted octanol–water partition coefficient (Wildman–Crippen LogP) is 3.05. The normalized spacial score (nSPS) is 26.6. The Morgan fingerprint density at radius 2 is 1.94 bits per heavy atom. The van der Waals surface area contributed by atoms with Gasteiger partial charge in [0.15, 0.2) is 0 Å². The molecule has 4 amide bonds. The quantitative estimate of drug-likeness (QED) is 0.660. The molecule has 3 aliphatic heterocycles. The first kappa shape index (κ1) is 22.8. The molecule has 174 valence electrons. The third-order valence-corrected chi connectivity index (χ3v) is 7.40. The first-order valence-corrected chi connectivity index (χ1v) is 12.0. The lowest BCUT2D eigenvalue weighted by molar-refractivity contribution is -0.136. The summed E-state index contributed by atoms with van der Waals surface area (Å²) in [7, 11) is 0. The van der Waals surface area contributed by atoms with E-state index in [1.165, 1.54) is 4.90 Å². The van der Waals surface area contributed by atoms with Gasteiger partial charge in [0, 0.05) is 19.7 Å². The van der Waals surface area contributed by atoms with Crippen LogP contribution in [0, 0.1) is 12.8 Å². The molecular formula is C25H35N3O4. The van der Waals surface area contributed by atoms with Gasteiger partial charge in [-0.25, -0.2) is 4.79 Å². The monoisotopic (exact) mass is 441 g/mol. The Kier molecular flexibility index (Phi) is 6.84. The van der Waals surface area contributed by atoms with Gasteiger partial charge in [0.25, 0.3) is 5.91 Å². The van der Waals surface area contributed by atoms with Gasteiger partial charge in [0.1, 0.15) is 5.54 Å². The van der Waals surface area contributed by atoms with Gasteiger partial charge in [-0.1, -0.05) is 37.6 Å². The molecule has 4 rings (SSSR count). The molecule has 32 heavy (non-hydrogen) atoms. The predicted molar refractivity (Wildman–Crippen MR) is 121 cm³/mol. The van der Waals surface area contributed by atoms with Gasteiger partial charge < -0.3 is 15.0 Å². The number of ether oxygens (including phenoxy) is 1. The van der Waals surface area contributed by atoms with Gasteiger partial charge in [-0.2, -0.15) is 0 Å². The fourth-order valence-electron chi connectivity index (χ4n) is 5.55. The third kappa shape index (κ3) is 4.40. The lowest BCUT2D eigenvalue weighted by Gasteiger charge is -2.41. The molecule has 1 aromatic carbocycles. The summed E-state index contributed by atoms with van der Waals surface area (Å²) < 4.78 is 5.66. The number of likely N-dealkylation sites (tertiary alicyclic amines) is 1. The fraction of sp³-hybridized carbons (Fsp3) is 0.640. The molecule has 0 radical (unpaired) electrons. The Morgan fingerprint density at radius 1 is 1.19 bits per heavy atom. The Balaban J connectivity index is 1.41. The van der Waals surface area contributed by atoms with Crippen molar-refractivity contribution in [3.63, 3.8) is 0 Å². The van der Waals surface area contributed by atoms with Crippen molar-refractivity contribution in [2.45, 2.75) is 70.4 Å². The number of carbonyl (C=O) groups excluding carboxylic acids is 3. The molecule has 1 N–H and O–H groups in total. The fourth-order valence-corrected chi connectivity index (χ4v) is 5.55. The van der Waals surface area contributed by atoms with Gasteiger partial charge in [0.05, 0.1) is 19.1 Å². The van der Waals surface area contributed by atoms with Crippen molar-refractivity contribution >= 4 is 17.8 Å². The van der Waals surface area contributed by atoms with Crippen LogP contribution in [-0.4, -0.2) is 65.5 Å². The molecule has 0 saturated carbocycles. The largest absolute Gasteiger partial charge is 0.376 e. The van der Waals surface area contributed by atoms with E-state index in [-0.39, 0.29) is 29.9 Å². The number of nitrogens with one attached hydrogen (secondary N) is 1. The van der Waals surface area contributed by atoms with E-state index in [0.29, 0.717) is 39.1 Å². The van der Waals surface area contributed by atoms with Gasteiger partial charge in [-0.15, -0.1) is 0 Å². The summed E-state index contributed by atoms with van der Waals surface area (Å²) in [4.78, 5) is 42.5. The van der Waals surface area contributed by atoms with Crippen LogP contribution >= 0.6 is 0 Å². The van der Waals surface area contributed by atoms with Crippen LogP contribution in [0.2, 0.25) is 0 Å². The Morgan fingerprint density at radius 3 is 2.59 bits per heavy atom. The van der Waals surface area contributed by atoms with Crippen molar-refractivity contribution in [3.8, 4) is 0 Å². The van der Waals surface area contributed by atoms with Crippen molar-refractivity contribution in [2.75, 3.05) is 26.2 Å². The second kappa shape index (κ2) is 9.61. The highest BCUT2D eigenvalue weighted by atomic mass is 16.5. The second-order valence-corrected chi connectivity index (χ2v) is 9.46. The van der Waals surface area contributed by atoms with E-state index in [4.69, 9.17) is 4.74 Å². The molecule has 3 saturated heterocycles. The van der Waals surface area contributed by atoms with E-state index in [1.54, 1.807) is 0 Å². The number of benzene rings is 1. The first-order valence-electron chi connectivity index (χ1n) is 12.0. The number of imide groups is 1. The van der Waals surface area contributed by atoms with Crippen molar-refractivity contribution in [3.05, 3.63) is 35.4 Å². The van der Waals surface area contributed by atoms with E-state index in [9.17, 15) is 14.4 Å². The summed E-state index contributed by atoms with van der Waals surface area (Å²) in [5.74, 6) is 0.0597. The highest BCUT2D eigenvalue weighted by Gasteiger charge is 2.55.